The molecule has 1 aliphatic rings. The lowest BCUT2D eigenvalue weighted by atomic mass is 10.0. The number of rotatable bonds is 3. The highest BCUT2D eigenvalue weighted by Crippen LogP contribution is 2.26. The lowest BCUT2D eigenvalue weighted by molar-refractivity contribution is 0.263. The van der Waals surface area contributed by atoms with Gasteiger partial charge in [0.2, 0.25) is 0 Å². The minimum atomic E-state index is -0.409. The molecular weight excluding hydrogens is 253 g/mol. The molecular formula is C16H18FN3. The summed E-state index contributed by atoms with van der Waals surface area (Å²) in [6.07, 6.45) is 4.99. The highest BCUT2D eigenvalue weighted by molar-refractivity contribution is 5.55. The zero-order valence-corrected chi connectivity index (χ0v) is 11.6. The van der Waals surface area contributed by atoms with Crippen molar-refractivity contribution in [3.05, 3.63) is 48.0 Å². The summed E-state index contributed by atoms with van der Waals surface area (Å²) >= 11 is 0. The van der Waals surface area contributed by atoms with Gasteiger partial charge in [0, 0.05) is 11.6 Å². The molecule has 0 aliphatic carbocycles. The molecule has 0 saturated carbocycles. The number of hydrogen-bond acceptors (Lipinski definition) is 3. The second kappa shape index (κ2) is 5.67. The van der Waals surface area contributed by atoms with Gasteiger partial charge in [-0.05, 0) is 38.4 Å². The van der Waals surface area contributed by atoms with Crippen LogP contribution >= 0.6 is 0 Å². The maximum Gasteiger partial charge on any atom is 0.159 e. The molecule has 0 radical (unpaired) electrons. The van der Waals surface area contributed by atoms with Crippen molar-refractivity contribution in [2.45, 2.75) is 25.8 Å². The summed E-state index contributed by atoms with van der Waals surface area (Å²) < 4.78 is 12.8. The van der Waals surface area contributed by atoms with E-state index >= 15 is 0 Å². The summed E-state index contributed by atoms with van der Waals surface area (Å²) in [6.45, 7) is 4.61. The third kappa shape index (κ3) is 2.70. The van der Waals surface area contributed by atoms with Gasteiger partial charge in [-0.15, -0.1) is 0 Å². The fraction of sp³-hybridized carbons (Fsp3) is 0.375. The average molecular weight is 271 g/mol. The first-order valence-corrected chi connectivity index (χ1v) is 7.06. The SMILES string of the molecule is CC(c1ccc(-c2ncc(F)cn2)cc1)N1CCCC1. The van der Waals surface area contributed by atoms with Crippen LogP contribution in [0.5, 0.6) is 0 Å². The highest BCUT2D eigenvalue weighted by Gasteiger charge is 2.19. The van der Waals surface area contributed by atoms with Crippen molar-refractivity contribution in [2.75, 3.05) is 13.1 Å². The molecule has 3 nitrogen and oxygen atoms in total. The Kier molecular flexibility index (Phi) is 3.74. The number of likely N-dealkylation sites (tertiary alicyclic amines) is 1. The number of nitrogens with zero attached hydrogens (tertiary/aromatic N) is 3. The molecule has 2 heterocycles. The number of halogens is 1. The van der Waals surface area contributed by atoms with Crippen LogP contribution in [0.15, 0.2) is 36.7 Å². The predicted molar refractivity (Wildman–Crippen MR) is 76.6 cm³/mol. The van der Waals surface area contributed by atoms with Gasteiger partial charge in [-0.3, -0.25) is 4.90 Å². The molecule has 0 amide bonds. The first kappa shape index (κ1) is 13.2. The van der Waals surface area contributed by atoms with Crippen molar-refractivity contribution in [2.24, 2.45) is 0 Å². The minimum absolute atomic E-state index is 0.409. The largest absolute Gasteiger partial charge is 0.297 e. The molecule has 1 aliphatic heterocycles. The lowest BCUT2D eigenvalue weighted by Crippen LogP contribution is -2.23. The Labute approximate surface area is 118 Å². The van der Waals surface area contributed by atoms with Crippen LogP contribution in [0.1, 0.15) is 31.4 Å². The molecule has 2 aromatic rings. The molecule has 104 valence electrons. The van der Waals surface area contributed by atoms with Crippen molar-refractivity contribution in [1.82, 2.24) is 14.9 Å². The van der Waals surface area contributed by atoms with E-state index in [-0.39, 0.29) is 0 Å². The molecule has 0 N–H and O–H groups in total. The van der Waals surface area contributed by atoms with Crippen molar-refractivity contribution in [3.63, 3.8) is 0 Å². The molecule has 1 fully saturated rings. The van der Waals surface area contributed by atoms with E-state index in [1.165, 1.54) is 43.9 Å². The van der Waals surface area contributed by atoms with Crippen LogP contribution in [-0.2, 0) is 0 Å². The molecule has 1 unspecified atom stereocenters. The Bertz CT molecular complexity index is 559. The van der Waals surface area contributed by atoms with E-state index in [2.05, 4.69) is 33.9 Å². The molecule has 20 heavy (non-hydrogen) atoms. The average Bonchev–Trinajstić information content (AvgIpc) is 3.02. The number of benzene rings is 1. The lowest BCUT2D eigenvalue weighted by Gasteiger charge is -2.24. The maximum atomic E-state index is 12.8. The van der Waals surface area contributed by atoms with Crippen LogP contribution in [0.4, 0.5) is 4.39 Å². The van der Waals surface area contributed by atoms with Gasteiger partial charge in [-0.2, -0.15) is 0 Å². The Balaban J connectivity index is 1.78. The van der Waals surface area contributed by atoms with Gasteiger partial charge in [-0.25, -0.2) is 14.4 Å². The third-order valence-electron chi connectivity index (χ3n) is 3.96. The summed E-state index contributed by atoms with van der Waals surface area (Å²) in [5.74, 6) is 0.153. The zero-order chi connectivity index (χ0) is 13.9. The van der Waals surface area contributed by atoms with E-state index in [4.69, 9.17) is 0 Å². The first-order valence-electron chi connectivity index (χ1n) is 7.06. The fourth-order valence-corrected chi connectivity index (χ4v) is 2.71. The maximum absolute atomic E-state index is 12.8. The Morgan fingerprint density at radius 2 is 1.65 bits per heavy atom. The van der Waals surface area contributed by atoms with Crippen molar-refractivity contribution in [1.29, 1.82) is 0 Å². The smallest absolute Gasteiger partial charge is 0.159 e. The second-order valence-corrected chi connectivity index (χ2v) is 5.27. The van der Waals surface area contributed by atoms with Gasteiger partial charge >= 0.3 is 0 Å². The second-order valence-electron chi connectivity index (χ2n) is 5.27. The summed E-state index contributed by atoms with van der Waals surface area (Å²) in [6, 6.07) is 8.70. The standard InChI is InChI=1S/C16H18FN3/c1-12(20-8-2-3-9-20)13-4-6-14(7-5-13)16-18-10-15(17)11-19-16/h4-7,10-12H,2-3,8-9H2,1H3. The van der Waals surface area contributed by atoms with E-state index in [1.54, 1.807) is 0 Å². The number of hydrogen-bond donors (Lipinski definition) is 0. The first-order chi connectivity index (χ1) is 9.74. The summed E-state index contributed by atoms with van der Waals surface area (Å²) in [5.41, 5.74) is 2.22. The van der Waals surface area contributed by atoms with Crippen LogP contribution in [0, 0.1) is 5.82 Å². The van der Waals surface area contributed by atoms with E-state index in [9.17, 15) is 4.39 Å². The molecule has 1 aromatic heterocycles. The quantitative estimate of drug-likeness (QED) is 0.856. The van der Waals surface area contributed by atoms with Crippen LogP contribution in [0.2, 0.25) is 0 Å². The van der Waals surface area contributed by atoms with Crippen LogP contribution in [0.25, 0.3) is 11.4 Å². The van der Waals surface area contributed by atoms with Gasteiger partial charge in [0.1, 0.15) is 0 Å². The molecule has 3 rings (SSSR count). The monoisotopic (exact) mass is 271 g/mol. The van der Waals surface area contributed by atoms with Crippen molar-refractivity contribution in [3.8, 4) is 11.4 Å². The predicted octanol–water partition coefficient (Wildman–Crippen LogP) is 3.44. The topological polar surface area (TPSA) is 29.0 Å². The Morgan fingerprint density at radius 3 is 2.25 bits per heavy atom. The van der Waals surface area contributed by atoms with Gasteiger partial charge in [0.05, 0.1) is 12.4 Å². The highest BCUT2D eigenvalue weighted by atomic mass is 19.1. The Morgan fingerprint density at radius 1 is 1.05 bits per heavy atom. The fourth-order valence-electron chi connectivity index (χ4n) is 2.71. The molecule has 1 saturated heterocycles. The normalized spacial score (nSPS) is 17.3. The molecule has 1 atom stereocenters. The molecule has 0 spiro atoms. The molecule has 0 bridgehead atoms. The number of aromatic nitrogens is 2. The summed E-state index contributed by atoms with van der Waals surface area (Å²) in [5, 5.41) is 0. The van der Waals surface area contributed by atoms with E-state index in [0.717, 1.165) is 5.56 Å². The van der Waals surface area contributed by atoms with Crippen molar-refractivity contribution < 1.29 is 4.39 Å². The van der Waals surface area contributed by atoms with Crippen LogP contribution in [0.3, 0.4) is 0 Å². The van der Waals surface area contributed by atoms with Crippen LogP contribution < -0.4 is 0 Å². The van der Waals surface area contributed by atoms with Gasteiger partial charge in [0.25, 0.3) is 0 Å². The van der Waals surface area contributed by atoms with E-state index in [1.807, 2.05) is 12.1 Å². The zero-order valence-electron chi connectivity index (χ0n) is 11.6. The molecule has 1 aromatic carbocycles. The van der Waals surface area contributed by atoms with E-state index < -0.39 is 5.82 Å². The molecule has 4 heteroatoms. The van der Waals surface area contributed by atoms with Gasteiger partial charge in [0.15, 0.2) is 11.6 Å². The van der Waals surface area contributed by atoms with Gasteiger partial charge in [-0.1, -0.05) is 24.3 Å². The van der Waals surface area contributed by atoms with Gasteiger partial charge < -0.3 is 0 Å². The third-order valence-corrected chi connectivity index (χ3v) is 3.96. The minimum Gasteiger partial charge on any atom is -0.297 e. The van der Waals surface area contributed by atoms with E-state index in [0.29, 0.717) is 11.9 Å². The Hall–Kier alpha value is -1.81. The van der Waals surface area contributed by atoms with Crippen LogP contribution in [-0.4, -0.2) is 28.0 Å². The van der Waals surface area contributed by atoms with Crippen molar-refractivity contribution >= 4 is 0 Å². The summed E-state index contributed by atoms with van der Waals surface area (Å²) in [4.78, 5) is 10.5. The summed E-state index contributed by atoms with van der Waals surface area (Å²) in [7, 11) is 0.